The Kier molecular flexibility index (Phi) is 2.42. The molecule has 1 aromatic carbocycles. The Labute approximate surface area is 67.8 Å². The van der Waals surface area contributed by atoms with Crippen molar-refractivity contribution in [2.24, 2.45) is 0 Å². The number of benzene rings is 1. The molecule has 1 rings (SSSR count). The Bertz CT molecular complexity index is 252. The van der Waals surface area contributed by atoms with Gasteiger partial charge in [0, 0.05) is 17.1 Å². The second-order valence-electron chi connectivity index (χ2n) is 2.02. The molecule has 0 aliphatic rings. The van der Waals surface area contributed by atoms with Gasteiger partial charge in [0.25, 0.3) is 0 Å². The van der Waals surface area contributed by atoms with Crippen LogP contribution in [0.2, 0.25) is 5.02 Å². The van der Waals surface area contributed by atoms with Crippen molar-refractivity contribution in [1.82, 2.24) is 5.73 Å². The van der Waals surface area contributed by atoms with Crippen molar-refractivity contribution < 1.29 is 8.78 Å². The van der Waals surface area contributed by atoms with Crippen molar-refractivity contribution in [3.63, 3.8) is 0 Å². The van der Waals surface area contributed by atoms with Crippen LogP contribution in [0.5, 0.6) is 0 Å². The molecule has 0 aliphatic heterocycles. The van der Waals surface area contributed by atoms with Gasteiger partial charge in [0.15, 0.2) is 0 Å². The van der Waals surface area contributed by atoms with Crippen LogP contribution < -0.4 is 5.73 Å². The minimum Gasteiger partial charge on any atom is -0.253 e. The average Bonchev–Trinajstić information content (AvgIpc) is 1.85. The summed E-state index contributed by atoms with van der Waals surface area (Å²) < 4.78 is 25.3. The highest BCUT2D eigenvalue weighted by Crippen LogP contribution is 2.18. The van der Waals surface area contributed by atoms with Crippen LogP contribution >= 0.6 is 11.6 Å². The number of hydrogen-bond donors (Lipinski definition) is 0. The van der Waals surface area contributed by atoms with Crippen LogP contribution in [0, 0.1) is 11.6 Å². The predicted molar refractivity (Wildman–Crippen MR) is 38.2 cm³/mol. The molecule has 0 saturated carbocycles. The van der Waals surface area contributed by atoms with Gasteiger partial charge in [-0.25, -0.2) is 8.78 Å². The van der Waals surface area contributed by atoms with Gasteiger partial charge in [0.2, 0.25) is 0 Å². The SMILES string of the molecule is [NH]Cc1c(F)cc(Cl)cc1F. The Morgan fingerprint density at radius 3 is 2.09 bits per heavy atom. The normalized spacial score (nSPS) is 10.2. The van der Waals surface area contributed by atoms with Crippen molar-refractivity contribution in [1.29, 1.82) is 0 Å². The van der Waals surface area contributed by atoms with Gasteiger partial charge in [0.1, 0.15) is 11.6 Å². The summed E-state index contributed by atoms with van der Waals surface area (Å²) >= 11 is 5.34. The van der Waals surface area contributed by atoms with Crippen molar-refractivity contribution >= 4 is 11.6 Å². The molecule has 11 heavy (non-hydrogen) atoms. The molecule has 0 aliphatic carbocycles. The molecule has 0 aromatic heterocycles. The summed E-state index contributed by atoms with van der Waals surface area (Å²) in [6.45, 7) is -0.408. The van der Waals surface area contributed by atoms with E-state index in [0.717, 1.165) is 12.1 Å². The summed E-state index contributed by atoms with van der Waals surface area (Å²) in [5, 5.41) is 0.0113. The molecule has 0 amide bonds. The summed E-state index contributed by atoms with van der Waals surface area (Å²) in [6.07, 6.45) is 0. The highest BCUT2D eigenvalue weighted by Gasteiger charge is 2.07. The zero-order valence-corrected chi connectivity index (χ0v) is 6.25. The fraction of sp³-hybridized carbons (Fsp3) is 0.143. The fourth-order valence-electron chi connectivity index (χ4n) is 0.741. The molecule has 4 heteroatoms. The highest BCUT2D eigenvalue weighted by atomic mass is 35.5. The van der Waals surface area contributed by atoms with Crippen LogP contribution in [0.1, 0.15) is 5.56 Å². The highest BCUT2D eigenvalue weighted by molar-refractivity contribution is 6.30. The third-order valence-corrected chi connectivity index (χ3v) is 1.50. The van der Waals surface area contributed by atoms with Gasteiger partial charge in [-0.15, -0.1) is 0 Å². The summed E-state index contributed by atoms with van der Waals surface area (Å²) in [4.78, 5) is 0. The standard InChI is InChI=1S/C7H5ClF2N/c8-4-1-6(9)5(3-11)7(10)2-4/h1-2,11H,3H2. The Morgan fingerprint density at radius 1 is 1.27 bits per heavy atom. The lowest BCUT2D eigenvalue weighted by atomic mass is 10.2. The van der Waals surface area contributed by atoms with Crippen LogP contribution in [0.25, 0.3) is 0 Å². The predicted octanol–water partition coefficient (Wildman–Crippen LogP) is 2.40. The molecule has 0 spiro atoms. The van der Waals surface area contributed by atoms with Gasteiger partial charge in [-0.05, 0) is 12.1 Å². The quantitative estimate of drug-likeness (QED) is 0.628. The molecule has 1 N–H and O–H groups in total. The molecule has 1 nitrogen and oxygen atoms in total. The second-order valence-corrected chi connectivity index (χ2v) is 2.46. The van der Waals surface area contributed by atoms with Gasteiger partial charge >= 0.3 is 0 Å². The van der Waals surface area contributed by atoms with Gasteiger partial charge in [-0.3, -0.25) is 5.73 Å². The van der Waals surface area contributed by atoms with E-state index in [-0.39, 0.29) is 10.6 Å². The molecule has 0 unspecified atom stereocenters. The second kappa shape index (κ2) is 3.15. The van der Waals surface area contributed by atoms with E-state index in [2.05, 4.69) is 0 Å². The molecule has 1 radical (unpaired) electrons. The van der Waals surface area contributed by atoms with Gasteiger partial charge in [-0.2, -0.15) is 0 Å². The van der Waals surface area contributed by atoms with Crippen molar-refractivity contribution in [3.8, 4) is 0 Å². The smallest absolute Gasteiger partial charge is 0.132 e. The molecule has 0 bridgehead atoms. The van der Waals surface area contributed by atoms with Crippen LogP contribution in [-0.4, -0.2) is 0 Å². The summed E-state index contributed by atoms with van der Waals surface area (Å²) in [5.41, 5.74) is 6.53. The summed E-state index contributed by atoms with van der Waals surface area (Å²) in [6, 6.07) is 1.99. The minimum atomic E-state index is -0.759. The molecule has 0 heterocycles. The monoisotopic (exact) mass is 176 g/mol. The van der Waals surface area contributed by atoms with E-state index in [1.54, 1.807) is 0 Å². The minimum absolute atomic E-state index is 0.0113. The van der Waals surface area contributed by atoms with Crippen molar-refractivity contribution in [2.45, 2.75) is 6.54 Å². The lowest BCUT2D eigenvalue weighted by Crippen LogP contribution is -1.95. The summed E-state index contributed by atoms with van der Waals surface area (Å²) in [7, 11) is 0. The van der Waals surface area contributed by atoms with Crippen molar-refractivity contribution in [2.75, 3.05) is 0 Å². The molecule has 59 valence electrons. The van der Waals surface area contributed by atoms with Crippen LogP contribution in [0.4, 0.5) is 8.78 Å². The zero-order valence-electron chi connectivity index (χ0n) is 5.50. The number of rotatable bonds is 1. The average molecular weight is 177 g/mol. The first kappa shape index (κ1) is 8.43. The Hall–Kier alpha value is -0.670. The Morgan fingerprint density at radius 2 is 1.73 bits per heavy atom. The van der Waals surface area contributed by atoms with E-state index < -0.39 is 18.2 Å². The van der Waals surface area contributed by atoms with Crippen LogP contribution in [0.3, 0.4) is 0 Å². The van der Waals surface area contributed by atoms with E-state index in [1.807, 2.05) is 0 Å². The van der Waals surface area contributed by atoms with Gasteiger partial charge in [-0.1, -0.05) is 11.6 Å². The maximum Gasteiger partial charge on any atom is 0.132 e. The molecule has 0 saturated heterocycles. The first-order valence-corrected chi connectivity index (χ1v) is 3.31. The third-order valence-electron chi connectivity index (χ3n) is 1.28. The summed E-state index contributed by atoms with van der Waals surface area (Å²) in [5.74, 6) is -1.52. The Balaban J connectivity index is 3.25. The third kappa shape index (κ3) is 1.67. The largest absolute Gasteiger partial charge is 0.253 e. The molecule has 0 atom stereocenters. The number of hydrogen-bond acceptors (Lipinski definition) is 0. The molecule has 1 aromatic rings. The molecular weight excluding hydrogens is 172 g/mol. The lowest BCUT2D eigenvalue weighted by molar-refractivity contribution is 0.555. The number of halogens is 3. The topological polar surface area (TPSA) is 23.8 Å². The molecular formula is C7H5ClF2N. The van der Waals surface area contributed by atoms with Gasteiger partial charge in [0.05, 0.1) is 0 Å². The zero-order chi connectivity index (χ0) is 8.43. The first-order chi connectivity index (χ1) is 5.15. The van der Waals surface area contributed by atoms with E-state index in [0.29, 0.717) is 0 Å². The van der Waals surface area contributed by atoms with Crippen LogP contribution in [0.15, 0.2) is 12.1 Å². The van der Waals surface area contributed by atoms with Crippen molar-refractivity contribution in [3.05, 3.63) is 34.4 Å². The van der Waals surface area contributed by atoms with E-state index in [9.17, 15) is 8.78 Å². The first-order valence-electron chi connectivity index (χ1n) is 2.93. The fourth-order valence-corrected chi connectivity index (χ4v) is 0.933. The van der Waals surface area contributed by atoms with Gasteiger partial charge < -0.3 is 0 Å². The van der Waals surface area contributed by atoms with E-state index >= 15 is 0 Å². The maximum atomic E-state index is 12.7. The molecule has 0 fully saturated rings. The van der Waals surface area contributed by atoms with E-state index in [1.165, 1.54) is 0 Å². The maximum absolute atomic E-state index is 12.7. The van der Waals surface area contributed by atoms with Crippen LogP contribution in [-0.2, 0) is 6.54 Å². The van der Waals surface area contributed by atoms with E-state index in [4.69, 9.17) is 17.3 Å². The number of nitrogens with one attached hydrogen (secondary N) is 1. The lowest BCUT2D eigenvalue weighted by Gasteiger charge is -2.00.